The normalized spacial score (nSPS) is 33.2. The Morgan fingerprint density at radius 2 is 2.25 bits per heavy atom. The molecule has 0 saturated carbocycles. The van der Waals surface area contributed by atoms with E-state index in [1.807, 2.05) is 0 Å². The third-order valence-electron chi connectivity index (χ3n) is 2.06. The van der Waals surface area contributed by atoms with Crippen LogP contribution in [0.5, 0.6) is 0 Å². The van der Waals surface area contributed by atoms with Gasteiger partial charge in [0.05, 0.1) is 11.3 Å². The Hall–Kier alpha value is -1.38. The number of carbonyl (C=O) groups is 2. The highest BCUT2D eigenvalue weighted by Gasteiger charge is 2.36. The first-order chi connectivity index (χ1) is 5.60. The lowest BCUT2D eigenvalue weighted by atomic mass is 9.76. The second-order valence-corrected chi connectivity index (χ2v) is 3.04. The predicted molar refractivity (Wildman–Crippen MR) is 43.6 cm³/mol. The first-order valence-electron chi connectivity index (χ1n) is 3.65. The molecule has 2 unspecified atom stereocenters. The van der Waals surface area contributed by atoms with Gasteiger partial charge in [0.25, 0.3) is 0 Å². The number of hydrogen-bond acceptors (Lipinski definition) is 2. The first-order valence-corrected chi connectivity index (χ1v) is 3.65. The van der Waals surface area contributed by atoms with Crippen LogP contribution in [0.15, 0.2) is 24.3 Å². The van der Waals surface area contributed by atoms with Crippen molar-refractivity contribution in [1.29, 1.82) is 0 Å². The zero-order chi connectivity index (χ0) is 9.19. The molecule has 3 heteroatoms. The van der Waals surface area contributed by atoms with Gasteiger partial charge < -0.3 is 9.90 Å². The van der Waals surface area contributed by atoms with Crippen molar-refractivity contribution in [1.82, 2.24) is 0 Å². The van der Waals surface area contributed by atoms with Crippen LogP contribution in [-0.4, -0.2) is 17.4 Å². The van der Waals surface area contributed by atoms with Gasteiger partial charge in [-0.1, -0.05) is 24.3 Å². The van der Waals surface area contributed by atoms with Gasteiger partial charge in [-0.2, -0.15) is 0 Å². The molecule has 0 fully saturated rings. The minimum atomic E-state index is -0.967. The highest BCUT2D eigenvalue weighted by Crippen LogP contribution is 2.30. The minimum Gasteiger partial charge on any atom is -0.481 e. The molecule has 0 aromatic carbocycles. The van der Waals surface area contributed by atoms with Crippen LogP contribution in [0.1, 0.15) is 6.92 Å². The number of carboxylic acid groups (broad SMARTS) is 1. The molecule has 0 heterocycles. The number of carboxylic acids is 1. The van der Waals surface area contributed by atoms with Gasteiger partial charge in [0.2, 0.25) is 0 Å². The van der Waals surface area contributed by atoms with Gasteiger partial charge in [-0.15, -0.1) is 0 Å². The Morgan fingerprint density at radius 3 is 2.67 bits per heavy atom. The first kappa shape index (κ1) is 8.71. The molecular formula is C9H10O3. The van der Waals surface area contributed by atoms with E-state index in [0.29, 0.717) is 6.29 Å². The zero-order valence-electron chi connectivity index (χ0n) is 6.73. The van der Waals surface area contributed by atoms with Crippen LogP contribution in [0.3, 0.4) is 0 Å². The van der Waals surface area contributed by atoms with Crippen LogP contribution in [-0.2, 0) is 9.59 Å². The standard InChI is InChI=1S/C9H10O3/c1-9(6-10)5-3-2-4-7(9)8(11)12/h2-7H,1H3,(H,11,12). The smallest absolute Gasteiger partial charge is 0.311 e. The monoisotopic (exact) mass is 166 g/mol. The number of carbonyl (C=O) groups excluding carboxylic acids is 1. The lowest BCUT2D eigenvalue weighted by Gasteiger charge is -2.25. The van der Waals surface area contributed by atoms with Crippen molar-refractivity contribution >= 4 is 12.3 Å². The van der Waals surface area contributed by atoms with Crippen molar-refractivity contribution < 1.29 is 14.7 Å². The molecule has 1 aliphatic carbocycles. The van der Waals surface area contributed by atoms with Crippen molar-refractivity contribution in [3.05, 3.63) is 24.3 Å². The van der Waals surface area contributed by atoms with Crippen molar-refractivity contribution in [2.75, 3.05) is 0 Å². The van der Waals surface area contributed by atoms with Gasteiger partial charge >= 0.3 is 5.97 Å². The molecule has 64 valence electrons. The Morgan fingerprint density at radius 1 is 1.58 bits per heavy atom. The maximum atomic E-state index is 10.7. The molecule has 0 radical (unpaired) electrons. The summed E-state index contributed by atoms with van der Waals surface area (Å²) in [6.07, 6.45) is 7.14. The Balaban J connectivity index is 2.99. The Bertz CT molecular complexity index is 265. The van der Waals surface area contributed by atoms with Gasteiger partial charge in [-0.3, -0.25) is 4.79 Å². The van der Waals surface area contributed by atoms with E-state index in [-0.39, 0.29) is 0 Å². The van der Waals surface area contributed by atoms with E-state index >= 15 is 0 Å². The summed E-state index contributed by atoms with van der Waals surface area (Å²) in [5, 5.41) is 8.76. The molecule has 0 aromatic rings. The molecule has 12 heavy (non-hydrogen) atoms. The third-order valence-corrected chi connectivity index (χ3v) is 2.06. The van der Waals surface area contributed by atoms with Crippen LogP contribution in [0.4, 0.5) is 0 Å². The number of aliphatic carboxylic acids is 1. The lowest BCUT2D eigenvalue weighted by molar-refractivity contribution is -0.144. The molecule has 0 saturated heterocycles. The third kappa shape index (κ3) is 1.30. The summed E-state index contributed by atoms with van der Waals surface area (Å²) in [6.45, 7) is 1.61. The maximum Gasteiger partial charge on any atom is 0.311 e. The fraction of sp³-hybridized carbons (Fsp3) is 0.333. The highest BCUT2D eigenvalue weighted by molar-refractivity contribution is 5.81. The van der Waals surface area contributed by atoms with Crippen molar-refractivity contribution in [2.45, 2.75) is 6.92 Å². The van der Waals surface area contributed by atoms with E-state index in [9.17, 15) is 9.59 Å². The molecule has 0 aliphatic heterocycles. The number of aldehydes is 1. The number of allylic oxidation sites excluding steroid dienone is 3. The Kier molecular flexibility index (Phi) is 2.13. The molecule has 2 atom stereocenters. The van der Waals surface area contributed by atoms with E-state index in [0.717, 1.165) is 0 Å². The molecule has 1 rings (SSSR count). The summed E-state index contributed by atoms with van der Waals surface area (Å²) >= 11 is 0. The second-order valence-electron chi connectivity index (χ2n) is 3.04. The number of hydrogen-bond donors (Lipinski definition) is 1. The fourth-order valence-corrected chi connectivity index (χ4v) is 1.21. The van der Waals surface area contributed by atoms with E-state index in [1.165, 1.54) is 6.08 Å². The molecule has 0 bridgehead atoms. The zero-order valence-corrected chi connectivity index (χ0v) is 6.73. The molecular weight excluding hydrogens is 156 g/mol. The van der Waals surface area contributed by atoms with E-state index in [1.54, 1.807) is 25.2 Å². The molecule has 0 aromatic heterocycles. The predicted octanol–water partition coefficient (Wildman–Crippen LogP) is 1.02. The van der Waals surface area contributed by atoms with Crippen molar-refractivity contribution in [3.63, 3.8) is 0 Å². The molecule has 0 amide bonds. The molecule has 1 aliphatic rings. The second kappa shape index (κ2) is 2.93. The van der Waals surface area contributed by atoms with Crippen LogP contribution in [0.25, 0.3) is 0 Å². The molecule has 0 spiro atoms. The fourth-order valence-electron chi connectivity index (χ4n) is 1.21. The minimum absolute atomic E-state index is 0.672. The van der Waals surface area contributed by atoms with Crippen molar-refractivity contribution in [2.24, 2.45) is 11.3 Å². The molecule has 1 N–H and O–H groups in total. The largest absolute Gasteiger partial charge is 0.481 e. The van der Waals surface area contributed by atoms with Gasteiger partial charge in [0, 0.05) is 0 Å². The maximum absolute atomic E-state index is 10.7. The van der Waals surface area contributed by atoms with Gasteiger partial charge in [-0.25, -0.2) is 0 Å². The van der Waals surface area contributed by atoms with Gasteiger partial charge in [0.15, 0.2) is 0 Å². The summed E-state index contributed by atoms with van der Waals surface area (Å²) in [4.78, 5) is 21.3. The SMILES string of the molecule is CC1(C=O)C=CC=CC1C(=O)O. The van der Waals surface area contributed by atoms with E-state index in [2.05, 4.69) is 0 Å². The average molecular weight is 166 g/mol. The average Bonchev–Trinajstić information content (AvgIpc) is 2.05. The van der Waals surface area contributed by atoms with Crippen LogP contribution in [0, 0.1) is 11.3 Å². The summed E-state index contributed by atoms with van der Waals surface area (Å²) < 4.78 is 0. The lowest BCUT2D eigenvalue weighted by Crippen LogP contribution is -2.32. The summed E-state index contributed by atoms with van der Waals surface area (Å²) in [5.41, 5.74) is -0.888. The van der Waals surface area contributed by atoms with Crippen LogP contribution < -0.4 is 0 Å². The van der Waals surface area contributed by atoms with Crippen LogP contribution >= 0.6 is 0 Å². The summed E-state index contributed by atoms with van der Waals surface area (Å²) in [5.74, 6) is -1.70. The van der Waals surface area contributed by atoms with Gasteiger partial charge in [-0.05, 0) is 6.92 Å². The topological polar surface area (TPSA) is 54.4 Å². The summed E-state index contributed by atoms with van der Waals surface area (Å²) in [7, 11) is 0. The quantitative estimate of drug-likeness (QED) is 0.623. The van der Waals surface area contributed by atoms with E-state index in [4.69, 9.17) is 5.11 Å². The molecule has 3 nitrogen and oxygen atoms in total. The van der Waals surface area contributed by atoms with Crippen LogP contribution in [0.2, 0.25) is 0 Å². The van der Waals surface area contributed by atoms with Crippen molar-refractivity contribution in [3.8, 4) is 0 Å². The summed E-state index contributed by atoms with van der Waals surface area (Å²) in [6, 6.07) is 0. The number of rotatable bonds is 2. The van der Waals surface area contributed by atoms with E-state index < -0.39 is 17.3 Å². The highest BCUT2D eigenvalue weighted by atomic mass is 16.4. The Labute approximate surface area is 70.4 Å². The van der Waals surface area contributed by atoms with Gasteiger partial charge in [0.1, 0.15) is 6.29 Å².